The molecule has 3 heteroatoms. The van der Waals surface area contributed by atoms with Crippen LogP contribution >= 0.6 is 0 Å². The first kappa shape index (κ1) is 10.4. The Kier molecular flexibility index (Phi) is 3.52. The van der Waals surface area contributed by atoms with Gasteiger partial charge in [0.25, 0.3) is 0 Å². The van der Waals surface area contributed by atoms with Gasteiger partial charge in [0.2, 0.25) is 0 Å². The van der Waals surface area contributed by atoms with Crippen LogP contribution in [0.4, 0.5) is 0 Å². The van der Waals surface area contributed by atoms with E-state index in [4.69, 9.17) is 10.5 Å². The molecule has 2 N–H and O–H groups in total. The smallest absolute Gasteiger partial charge is 0.123 e. The molecule has 0 amide bonds. The Labute approximate surface area is 68.6 Å². The fraction of sp³-hybridized carbons (Fsp3) is 0.875. The minimum absolute atomic E-state index is 0.0122. The first-order valence-electron chi connectivity index (χ1n) is 3.68. The summed E-state index contributed by atoms with van der Waals surface area (Å²) in [7, 11) is 3.32. The van der Waals surface area contributed by atoms with E-state index in [1.165, 1.54) is 0 Å². The molecule has 0 saturated heterocycles. The topological polar surface area (TPSA) is 47.6 Å². The van der Waals surface area contributed by atoms with Crippen LogP contribution in [0.1, 0.15) is 20.8 Å². The van der Waals surface area contributed by atoms with Gasteiger partial charge in [-0.25, -0.2) is 0 Å². The van der Waals surface area contributed by atoms with Crippen LogP contribution in [0.2, 0.25) is 0 Å². The maximum atomic E-state index is 5.64. The summed E-state index contributed by atoms with van der Waals surface area (Å²) in [6.07, 6.45) is -0.0903. The van der Waals surface area contributed by atoms with Gasteiger partial charge in [0.05, 0.1) is 0 Å². The highest BCUT2D eigenvalue weighted by Gasteiger charge is 2.27. The van der Waals surface area contributed by atoms with Crippen LogP contribution in [-0.2, 0) is 4.74 Å². The summed E-state index contributed by atoms with van der Waals surface area (Å²) in [6, 6.07) is 0. The fourth-order valence-corrected chi connectivity index (χ4v) is 1.04. The normalized spacial score (nSPS) is 16.6. The van der Waals surface area contributed by atoms with Crippen molar-refractivity contribution in [3.05, 3.63) is 0 Å². The van der Waals surface area contributed by atoms with Crippen molar-refractivity contribution in [1.82, 2.24) is 0 Å². The van der Waals surface area contributed by atoms with Gasteiger partial charge in [0.15, 0.2) is 0 Å². The summed E-state index contributed by atoms with van der Waals surface area (Å²) in [5, 5.41) is 0. The zero-order chi connectivity index (χ0) is 9.07. The molecular weight excluding hydrogens is 140 g/mol. The lowest BCUT2D eigenvalue weighted by atomic mass is 9.88. The van der Waals surface area contributed by atoms with Crippen molar-refractivity contribution in [3.63, 3.8) is 0 Å². The highest BCUT2D eigenvalue weighted by atomic mass is 16.5. The molecule has 0 aromatic heterocycles. The van der Waals surface area contributed by atoms with E-state index in [9.17, 15) is 0 Å². The number of hydrogen-bond acceptors (Lipinski definition) is 2. The van der Waals surface area contributed by atoms with Gasteiger partial charge < -0.3 is 10.5 Å². The molecule has 1 atom stereocenters. The van der Waals surface area contributed by atoms with E-state index in [1.807, 2.05) is 0 Å². The summed E-state index contributed by atoms with van der Waals surface area (Å²) >= 11 is 0. The average molecular weight is 158 g/mol. The molecule has 0 spiro atoms. The number of ether oxygens (including phenoxy) is 1. The highest BCUT2D eigenvalue weighted by Crippen LogP contribution is 2.21. The maximum absolute atomic E-state index is 5.64. The number of rotatable bonds is 2. The van der Waals surface area contributed by atoms with Crippen LogP contribution in [0, 0.1) is 5.41 Å². The minimum Gasteiger partial charge on any atom is -0.385 e. The Morgan fingerprint density at radius 2 is 1.91 bits per heavy atom. The third-order valence-corrected chi connectivity index (χ3v) is 1.55. The first-order valence-corrected chi connectivity index (χ1v) is 3.68. The number of methoxy groups -OCH3 is 1. The average Bonchev–Trinajstić information content (AvgIpc) is 1.86. The molecule has 11 heavy (non-hydrogen) atoms. The molecule has 0 aromatic rings. The summed E-state index contributed by atoms with van der Waals surface area (Å²) < 4.78 is 5.21. The van der Waals surface area contributed by atoms with Gasteiger partial charge in [-0.05, 0) is 5.41 Å². The van der Waals surface area contributed by atoms with Gasteiger partial charge in [-0.15, -0.1) is 0 Å². The monoisotopic (exact) mass is 158 g/mol. The SMILES string of the molecule is CN=C(N)C(OC)C(C)(C)C. The molecule has 66 valence electrons. The summed E-state index contributed by atoms with van der Waals surface area (Å²) in [5.41, 5.74) is 5.65. The van der Waals surface area contributed by atoms with Gasteiger partial charge in [-0.1, -0.05) is 20.8 Å². The molecule has 0 aliphatic carbocycles. The van der Waals surface area contributed by atoms with Gasteiger partial charge in [0.1, 0.15) is 11.9 Å². The lowest BCUT2D eigenvalue weighted by molar-refractivity contribution is 0.0674. The molecule has 0 fully saturated rings. The van der Waals surface area contributed by atoms with Crippen LogP contribution in [-0.4, -0.2) is 26.1 Å². The fourth-order valence-electron chi connectivity index (χ4n) is 1.04. The van der Waals surface area contributed by atoms with E-state index in [1.54, 1.807) is 14.2 Å². The Balaban J connectivity index is 4.42. The number of nitrogens with two attached hydrogens (primary N) is 1. The molecule has 0 bridgehead atoms. The predicted octanol–water partition coefficient (Wildman–Crippen LogP) is 1.03. The quantitative estimate of drug-likeness (QED) is 0.482. The third-order valence-electron chi connectivity index (χ3n) is 1.55. The molecule has 1 unspecified atom stereocenters. The number of amidine groups is 1. The van der Waals surface area contributed by atoms with Crippen molar-refractivity contribution < 1.29 is 4.74 Å². The van der Waals surface area contributed by atoms with E-state index in [-0.39, 0.29) is 11.5 Å². The second-order valence-corrected chi connectivity index (χ2v) is 3.63. The van der Waals surface area contributed by atoms with Crippen molar-refractivity contribution in [2.45, 2.75) is 26.9 Å². The van der Waals surface area contributed by atoms with E-state index in [0.29, 0.717) is 5.84 Å². The van der Waals surface area contributed by atoms with E-state index < -0.39 is 0 Å². The van der Waals surface area contributed by atoms with Crippen molar-refractivity contribution >= 4 is 5.84 Å². The Morgan fingerprint density at radius 1 is 1.45 bits per heavy atom. The predicted molar refractivity (Wildman–Crippen MR) is 47.8 cm³/mol. The molecule has 0 heterocycles. The van der Waals surface area contributed by atoms with Crippen LogP contribution in [0.15, 0.2) is 4.99 Å². The van der Waals surface area contributed by atoms with E-state index >= 15 is 0 Å². The van der Waals surface area contributed by atoms with Crippen molar-refractivity contribution in [2.75, 3.05) is 14.2 Å². The summed E-state index contributed by atoms with van der Waals surface area (Å²) in [5.74, 6) is 0.556. The van der Waals surface area contributed by atoms with E-state index in [2.05, 4.69) is 25.8 Å². The lowest BCUT2D eigenvalue weighted by Gasteiger charge is -2.28. The number of aliphatic imine (C=N–C) groups is 1. The zero-order valence-electron chi connectivity index (χ0n) is 8.01. The molecule has 0 radical (unpaired) electrons. The zero-order valence-corrected chi connectivity index (χ0v) is 8.01. The van der Waals surface area contributed by atoms with Crippen LogP contribution < -0.4 is 5.73 Å². The molecule has 0 saturated carbocycles. The van der Waals surface area contributed by atoms with Gasteiger partial charge >= 0.3 is 0 Å². The summed E-state index contributed by atoms with van der Waals surface area (Å²) in [4.78, 5) is 3.90. The molecule has 0 aromatic carbocycles. The first-order chi connectivity index (χ1) is 4.93. The standard InChI is InChI=1S/C8H18N2O/c1-8(2,3)6(11-5)7(9)10-4/h6H,1-5H3,(H2,9,10). The second-order valence-electron chi connectivity index (χ2n) is 3.63. The maximum Gasteiger partial charge on any atom is 0.123 e. The Morgan fingerprint density at radius 3 is 2.00 bits per heavy atom. The molecule has 0 rings (SSSR count). The highest BCUT2D eigenvalue weighted by molar-refractivity contribution is 5.85. The van der Waals surface area contributed by atoms with Gasteiger partial charge in [-0.2, -0.15) is 0 Å². The van der Waals surface area contributed by atoms with Crippen molar-refractivity contribution in [3.8, 4) is 0 Å². The lowest BCUT2D eigenvalue weighted by Crippen LogP contribution is -2.40. The molecular formula is C8H18N2O. The van der Waals surface area contributed by atoms with Gasteiger partial charge in [0, 0.05) is 14.2 Å². The minimum atomic E-state index is -0.0903. The van der Waals surface area contributed by atoms with Crippen LogP contribution in [0.25, 0.3) is 0 Å². The van der Waals surface area contributed by atoms with Crippen molar-refractivity contribution in [1.29, 1.82) is 0 Å². The van der Waals surface area contributed by atoms with Crippen molar-refractivity contribution in [2.24, 2.45) is 16.1 Å². The largest absolute Gasteiger partial charge is 0.385 e. The molecule has 0 aliphatic rings. The Bertz CT molecular complexity index is 147. The number of hydrogen-bond donors (Lipinski definition) is 1. The summed E-state index contributed by atoms with van der Waals surface area (Å²) in [6.45, 7) is 6.21. The van der Waals surface area contributed by atoms with Gasteiger partial charge in [-0.3, -0.25) is 4.99 Å². The van der Waals surface area contributed by atoms with Crippen LogP contribution in [0.3, 0.4) is 0 Å². The Hall–Kier alpha value is -0.570. The third kappa shape index (κ3) is 2.89. The van der Waals surface area contributed by atoms with E-state index in [0.717, 1.165) is 0 Å². The second kappa shape index (κ2) is 3.72. The molecule has 0 aliphatic heterocycles. The molecule has 3 nitrogen and oxygen atoms in total. The number of nitrogens with zero attached hydrogens (tertiary/aromatic N) is 1. The van der Waals surface area contributed by atoms with Crippen LogP contribution in [0.5, 0.6) is 0 Å².